The molecule has 0 heterocycles. The molecule has 7 rings (SSSR count). The van der Waals surface area contributed by atoms with E-state index in [1.54, 1.807) is 30.3 Å². The van der Waals surface area contributed by atoms with Crippen LogP contribution in [0.1, 0.15) is 17.3 Å². The quantitative estimate of drug-likeness (QED) is 0.120. The van der Waals surface area contributed by atoms with Gasteiger partial charge < -0.3 is 14.9 Å². The number of carbonyl (C=O) groups is 2. The summed E-state index contributed by atoms with van der Waals surface area (Å²) in [7, 11) is -0.892. The normalized spacial score (nSPS) is 10.0. The molecule has 0 aliphatic heterocycles. The molecule has 7 aromatic rings. The topological polar surface area (TPSA) is 48.2 Å². The van der Waals surface area contributed by atoms with Gasteiger partial charge in [-0.1, -0.05) is 212 Å². The summed E-state index contributed by atoms with van der Waals surface area (Å²) < 4.78 is 0. The maximum atomic E-state index is 11.1. The standard InChI is InChI=1S/2C18H15P.C9H9NO2.Ag/c2*1-4-10-16(11-5-1)19(17-12-6-2-7-13-17)18-14-8-3-9-15-18;1-7(11)10-9(12)8-5-3-2-4-6-8;/h2*1-15H;2-6H,1H3,(H,10,11,12);/q;;;+1/p-1. The first-order chi connectivity index (χ1) is 24.6. The third kappa shape index (κ3) is 12.2. The van der Waals surface area contributed by atoms with Gasteiger partial charge in [-0.05, 0) is 60.2 Å². The molecule has 0 spiro atoms. The number of benzene rings is 7. The van der Waals surface area contributed by atoms with Gasteiger partial charge in [-0.2, -0.15) is 0 Å². The average molecular weight is 795 g/mol. The van der Waals surface area contributed by atoms with E-state index >= 15 is 0 Å². The molecule has 0 fully saturated rings. The van der Waals surface area contributed by atoms with Crippen molar-refractivity contribution in [3.8, 4) is 0 Å². The maximum absolute atomic E-state index is 11.1. The fourth-order valence-electron chi connectivity index (χ4n) is 5.15. The van der Waals surface area contributed by atoms with Gasteiger partial charge in [0.25, 0.3) is 0 Å². The van der Waals surface area contributed by atoms with Gasteiger partial charge >= 0.3 is 22.4 Å². The van der Waals surface area contributed by atoms with Gasteiger partial charge in [-0.25, -0.2) is 0 Å². The molecule has 2 amide bonds. The third-order valence-corrected chi connectivity index (χ3v) is 12.3. The molecule has 3 nitrogen and oxygen atoms in total. The molecule has 0 atom stereocenters. The first kappa shape index (κ1) is 39.1. The minimum Gasteiger partial charge on any atom is -0.592 e. The molecule has 6 heteroatoms. The second-order valence-electron chi connectivity index (χ2n) is 11.0. The summed E-state index contributed by atoms with van der Waals surface area (Å²) in [5, 5.41) is 11.7. The summed E-state index contributed by atoms with van der Waals surface area (Å²) >= 11 is 0. The predicted octanol–water partition coefficient (Wildman–Crippen LogP) is 8.63. The van der Waals surface area contributed by atoms with Crippen LogP contribution in [0.3, 0.4) is 0 Å². The van der Waals surface area contributed by atoms with Crippen LogP contribution in [-0.2, 0) is 27.2 Å². The molecule has 0 aromatic heterocycles. The van der Waals surface area contributed by atoms with Crippen LogP contribution in [-0.4, -0.2) is 11.8 Å². The van der Waals surface area contributed by atoms with Gasteiger partial charge in [0.15, 0.2) is 0 Å². The Hall–Kier alpha value is -4.72. The molecule has 0 aliphatic rings. The van der Waals surface area contributed by atoms with Crippen LogP contribution in [0.4, 0.5) is 0 Å². The zero-order valence-electron chi connectivity index (χ0n) is 28.2. The van der Waals surface area contributed by atoms with Crippen molar-refractivity contribution in [1.29, 1.82) is 0 Å². The summed E-state index contributed by atoms with van der Waals surface area (Å²) in [5.74, 6) is -0.952. The van der Waals surface area contributed by atoms with E-state index in [0.29, 0.717) is 5.56 Å². The summed E-state index contributed by atoms with van der Waals surface area (Å²) in [6.07, 6.45) is 0. The molecular formula is C45H38AgNO2P2. The maximum Gasteiger partial charge on any atom is 1.00 e. The SMILES string of the molecule is CC(=O)[N-]C(=O)c1ccccc1.[Ag+].c1ccc(P(c2ccccc2)c2ccccc2)cc1.c1ccc(P(c2ccccc2)c2ccccc2)cc1. The van der Waals surface area contributed by atoms with Crippen LogP contribution < -0.4 is 31.8 Å². The number of amides is 2. The zero-order valence-corrected chi connectivity index (χ0v) is 31.4. The van der Waals surface area contributed by atoms with Crippen LogP contribution >= 0.6 is 15.8 Å². The van der Waals surface area contributed by atoms with Gasteiger partial charge in [-0.3, -0.25) is 0 Å². The number of hydrogen-bond donors (Lipinski definition) is 0. The molecular weight excluding hydrogens is 756 g/mol. The fourth-order valence-corrected chi connectivity index (χ4v) is 9.76. The van der Waals surface area contributed by atoms with Gasteiger partial charge in [0.05, 0.1) is 11.8 Å². The Kier molecular flexibility index (Phi) is 16.5. The van der Waals surface area contributed by atoms with Crippen molar-refractivity contribution in [2.24, 2.45) is 0 Å². The second-order valence-corrected chi connectivity index (χ2v) is 15.4. The number of imide groups is 1. The van der Waals surface area contributed by atoms with E-state index in [1.807, 2.05) is 0 Å². The molecule has 256 valence electrons. The zero-order chi connectivity index (χ0) is 34.8. The molecule has 0 radical (unpaired) electrons. The van der Waals surface area contributed by atoms with Crippen molar-refractivity contribution in [1.82, 2.24) is 0 Å². The van der Waals surface area contributed by atoms with Crippen LogP contribution in [0, 0.1) is 0 Å². The first-order valence-corrected chi connectivity index (χ1v) is 19.0. The Morgan fingerprint density at radius 1 is 0.353 bits per heavy atom. The van der Waals surface area contributed by atoms with Crippen LogP contribution in [0.2, 0.25) is 0 Å². The van der Waals surface area contributed by atoms with Crippen molar-refractivity contribution in [3.05, 3.63) is 223 Å². The number of hydrogen-bond acceptors (Lipinski definition) is 2. The number of nitrogens with zero attached hydrogens (tertiary/aromatic N) is 1. The summed E-state index contributed by atoms with van der Waals surface area (Å²) in [4.78, 5) is 21.5. The molecule has 0 saturated carbocycles. The van der Waals surface area contributed by atoms with E-state index in [4.69, 9.17) is 0 Å². The van der Waals surface area contributed by atoms with Crippen molar-refractivity contribution in [2.75, 3.05) is 0 Å². The van der Waals surface area contributed by atoms with E-state index in [9.17, 15) is 9.59 Å². The number of carbonyl (C=O) groups excluding carboxylic acids is 2. The van der Waals surface area contributed by atoms with E-state index < -0.39 is 27.7 Å². The van der Waals surface area contributed by atoms with Crippen LogP contribution in [0.5, 0.6) is 0 Å². The fraction of sp³-hybridized carbons (Fsp3) is 0.0222. The van der Waals surface area contributed by atoms with Gasteiger partial charge in [0.1, 0.15) is 0 Å². The Morgan fingerprint density at radius 2 is 0.549 bits per heavy atom. The summed E-state index contributed by atoms with van der Waals surface area (Å²) in [6, 6.07) is 73.1. The van der Waals surface area contributed by atoms with E-state index in [1.165, 1.54) is 38.8 Å². The molecule has 0 N–H and O–H groups in total. The van der Waals surface area contributed by atoms with Crippen LogP contribution in [0.15, 0.2) is 212 Å². The average Bonchev–Trinajstić information content (AvgIpc) is 3.18. The number of rotatable bonds is 7. The van der Waals surface area contributed by atoms with Crippen molar-refractivity contribution < 1.29 is 32.0 Å². The Balaban J connectivity index is 0.000000175. The monoisotopic (exact) mass is 793 g/mol. The molecule has 0 unspecified atom stereocenters. The molecule has 7 aromatic carbocycles. The van der Waals surface area contributed by atoms with E-state index in [0.717, 1.165) is 0 Å². The Bertz CT molecular complexity index is 1700. The predicted molar refractivity (Wildman–Crippen MR) is 215 cm³/mol. The second kappa shape index (κ2) is 21.5. The smallest absolute Gasteiger partial charge is 0.592 e. The van der Waals surface area contributed by atoms with Gasteiger partial charge in [0.2, 0.25) is 0 Å². The third-order valence-electron chi connectivity index (χ3n) is 7.37. The largest absolute Gasteiger partial charge is 1.00 e. The van der Waals surface area contributed by atoms with E-state index in [2.05, 4.69) is 187 Å². The molecule has 0 saturated heterocycles. The molecule has 0 bridgehead atoms. The van der Waals surface area contributed by atoms with Gasteiger partial charge in [-0.15, -0.1) is 0 Å². The van der Waals surface area contributed by atoms with Crippen molar-refractivity contribution in [2.45, 2.75) is 6.92 Å². The Labute approximate surface area is 319 Å². The van der Waals surface area contributed by atoms with Crippen molar-refractivity contribution >= 4 is 59.5 Å². The molecule has 51 heavy (non-hydrogen) atoms. The summed E-state index contributed by atoms with van der Waals surface area (Å²) in [5.41, 5.74) is 0.438. The van der Waals surface area contributed by atoms with E-state index in [-0.39, 0.29) is 22.4 Å². The Morgan fingerprint density at radius 3 is 0.745 bits per heavy atom. The van der Waals surface area contributed by atoms with Gasteiger partial charge in [0, 0.05) is 0 Å². The minimum atomic E-state index is -0.483. The molecule has 0 aliphatic carbocycles. The van der Waals surface area contributed by atoms with Crippen molar-refractivity contribution in [3.63, 3.8) is 0 Å². The first-order valence-electron chi connectivity index (χ1n) is 16.3. The summed E-state index contributed by atoms with van der Waals surface area (Å²) in [6.45, 7) is 1.25. The van der Waals surface area contributed by atoms with Crippen LogP contribution in [0.25, 0.3) is 5.32 Å². The minimum absolute atomic E-state index is 0.